The van der Waals surface area contributed by atoms with Crippen LogP contribution in [0.25, 0.3) is 11.0 Å². The minimum absolute atomic E-state index is 0.0289. The Kier molecular flexibility index (Phi) is 3.62. The zero-order chi connectivity index (χ0) is 15.5. The molecule has 114 valence electrons. The first kappa shape index (κ1) is 13.7. The molecule has 0 fully saturated rings. The van der Waals surface area contributed by atoms with Crippen LogP contribution in [0.2, 0.25) is 0 Å². The van der Waals surface area contributed by atoms with E-state index in [2.05, 4.69) is 44.8 Å². The van der Waals surface area contributed by atoms with Gasteiger partial charge in [0.25, 0.3) is 0 Å². The summed E-state index contributed by atoms with van der Waals surface area (Å²) in [5.41, 5.74) is 3.25. The molecule has 2 aromatic carbocycles. The Hall–Kier alpha value is -2.92. The molecule has 4 aromatic rings. The van der Waals surface area contributed by atoms with Crippen LogP contribution in [0.3, 0.4) is 0 Å². The van der Waals surface area contributed by atoms with Crippen molar-refractivity contribution in [2.24, 2.45) is 0 Å². The lowest BCUT2D eigenvalue weighted by Crippen LogP contribution is -2.23. The summed E-state index contributed by atoms with van der Waals surface area (Å²) in [7, 11) is 0. The zero-order valence-corrected chi connectivity index (χ0v) is 12.4. The van der Waals surface area contributed by atoms with Gasteiger partial charge in [-0.3, -0.25) is 10.4 Å². The SMILES string of the molecule is c1ccc([C@@H](NCc2ccc3occc3c2)c2ncn[nH]2)cc1. The molecule has 0 saturated heterocycles. The average Bonchev–Trinajstić information content (AvgIpc) is 3.27. The summed E-state index contributed by atoms with van der Waals surface area (Å²) in [5.74, 6) is 0.806. The third kappa shape index (κ3) is 2.86. The molecule has 4 rings (SSSR count). The van der Waals surface area contributed by atoms with E-state index in [4.69, 9.17) is 4.42 Å². The van der Waals surface area contributed by atoms with E-state index in [1.165, 1.54) is 11.9 Å². The number of fused-ring (bicyclic) bond motifs is 1. The van der Waals surface area contributed by atoms with Crippen LogP contribution in [0.4, 0.5) is 0 Å². The summed E-state index contributed by atoms with van der Waals surface area (Å²) < 4.78 is 5.38. The van der Waals surface area contributed by atoms with Crippen molar-refractivity contribution in [3.63, 3.8) is 0 Å². The number of aromatic nitrogens is 3. The maximum atomic E-state index is 5.38. The Balaban J connectivity index is 1.58. The van der Waals surface area contributed by atoms with E-state index in [1.54, 1.807) is 6.26 Å². The summed E-state index contributed by atoms with van der Waals surface area (Å²) in [6.07, 6.45) is 3.24. The van der Waals surface area contributed by atoms with Gasteiger partial charge in [0.15, 0.2) is 0 Å². The van der Waals surface area contributed by atoms with Gasteiger partial charge in [-0.1, -0.05) is 36.4 Å². The van der Waals surface area contributed by atoms with Crippen molar-refractivity contribution in [2.45, 2.75) is 12.6 Å². The highest BCUT2D eigenvalue weighted by Gasteiger charge is 2.16. The summed E-state index contributed by atoms with van der Waals surface area (Å²) in [6, 6.07) is 18.4. The number of hydrogen-bond acceptors (Lipinski definition) is 4. The van der Waals surface area contributed by atoms with Gasteiger partial charge < -0.3 is 4.42 Å². The lowest BCUT2D eigenvalue weighted by molar-refractivity contribution is 0.577. The molecule has 0 saturated carbocycles. The quantitative estimate of drug-likeness (QED) is 0.593. The van der Waals surface area contributed by atoms with Crippen LogP contribution in [0.5, 0.6) is 0 Å². The fourth-order valence-corrected chi connectivity index (χ4v) is 2.72. The number of H-pyrrole nitrogens is 1. The first-order chi connectivity index (χ1) is 11.4. The molecule has 1 atom stereocenters. The molecular formula is C18H16N4O. The molecule has 0 aliphatic carbocycles. The van der Waals surface area contributed by atoms with Gasteiger partial charge in [0, 0.05) is 11.9 Å². The topological polar surface area (TPSA) is 66.7 Å². The first-order valence-corrected chi connectivity index (χ1v) is 7.50. The minimum atomic E-state index is -0.0289. The Morgan fingerprint density at radius 3 is 2.83 bits per heavy atom. The molecule has 0 unspecified atom stereocenters. The molecular weight excluding hydrogens is 288 g/mol. The van der Waals surface area contributed by atoms with E-state index in [9.17, 15) is 0 Å². The highest BCUT2D eigenvalue weighted by Crippen LogP contribution is 2.21. The van der Waals surface area contributed by atoms with E-state index in [1.807, 2.05) is 30.3 Å². The number of benzene rings is 2. The van der Waals surface area contributed by atoms with Gasteiger partial charge in [-0.25, -0.2) is 4.98 Å². The van der Waals surface area contributed by atoms with Crippen LogP contribution in [0, 0.1) is 0 Å². The van der Waals surface area contributed by atoms with E-state index in [0.717, 1.165) is 28.9 Å². The molecule has 2 aromatic heterocycles. The second kappa shape index (κ2) is 6.06. The largest absolute Gasteiger partial charge is 0.464 e. The van der Waals surface area contributed by atoms with Crippen molar-refractivity contribution in [1.29, 1.82) is 0 Å². The van der Waals surface area contributed by atoms with Crippen molar-refractivity contribution in [3.05, 3.63) is 84.1 Å². The zero-order valence-electron chi connectivity index (χ0n) is 12.4. The molecule has 0 spiro atoms. The molecule has 5 heteroatoms. The fraction of sp³-hybridized carbons (Fsp3) is 0.111. The number of rotatable bonds is 5. The van der Waals surface area contributed by atoms with Crippen molar-refractivity contribution >= 4 is 11.0 Å². The number of nitrogens with one attached hydrogen (secondary N) is 2. The van der Waals surface area contributed by atoms with Crippen LogP contribution in [0.15, 0.2) is 71.6 Å². The van der Waals surface area contributed by atoms with Crippen molar-refractivity contribution < 1.29 is 4.42 Å². The molecule has 0 bridgehead atoms. The van der Waals surface area contributed by atoms with Crippen LogP contribution < -0.4 is 5.32 Å². The molecule has 0 amide bonds. The van der Waals surface area contributed by atoms with Gasteiger partial charge in [0.2, 0.25) is 0 Å². The fourth-order valence-electron chi connectivity index (χ4n) is 2.72. The third-order valence-electron chi connectivity index (χ3n) is 3.87. The van der Waals surface area contributed by atoms with Crippen LogP contribution >= 0.6 is 0 Å². The van der Waals surface area contributed by atoms with Crippen LogP contribution in [-0.4, -0.2) is 15.2 Å². The third-order valence-corrected chi connectivity index (χ3v) is 3.87. The smallest absolute Gasteiger partial charge is 0.145 e. The molecule has 0 radical (unpaired) electrons. The predicted molar refractivity (Wildman–Crippen MR) is 87.7 cm³/mol. The number of hydrogen-bond donors (Lipinski definition) is 2. The van der Waals surface area contributed by atoms with Gasteiger partial charge in [-0.2, -0.15) is 5.10 Å². The van der Waals surface area contributed by atoms with Crippen LogP contribution in [-0.2, 0) is 6.54 Å². The molecule has 5 nitrogen and oxygen atoms in total. The van der Waals surface area contributed by atoms with Gasteiger partial charge in [0.1, 0.15) is 17.7 Å². The summed E-state index contributed by atoms with van der Waals surface area (Å²) in [5, 5.41) is 11.6. The highest BCUT2D eigenvalue weighted by atomic mass is 16.3. The standard InChI is InChI=1S/C18H16N4O/c1-2-4-14(5-3-1)17(18-20-12-21-22-18)19-11-13-6-7-16-15(10-13)8-9-23-16/h1-10,12,17,19H,11H2,(H,20,21,22)/t17-/m1/s1. The normalized spacial score (nSPS) is 12.5. The molecule has 2 heterocycles. The van der Waals surface area contributed by atoms with Crippen LogP contribution in [0.1, 0.15) is 23.0 Å². The van der Waals surface area contributed by atoms with Crippen molar-refractivity contribution in [1.82, 2.24) is 20.5 Å². The van der Waals surface area contributed by atoms with E-state index < -0.39 is 0 Å². The maximum Gasteiger partial charge on any atom is 0.145 e. The molecule has 23 heavy (non-hydrogen) atoms. The molecule has 0 aliphatic heterocycles. The first-order valence-electron chi connectivity index (χ1n) is 7.50. The summed E-state index contributed by atoms with van der Waals surface area (Å²) in [6.45, 7) is 0.724. The second-order valence-electron chi connectivity index (χ2n) is 5.39. The van der Waals surface area contributed by atoms with E-state index in [-0.39, 0.29) is 6.04 Å². The van der Waals surface area contributed by atoms with Crippen molar-refractivity contribution in [2.75, 3.05) is 0 Å². The summed E-state index contributed by atoms with van der Waals surface area (Å²) in [4.78, 5) is 4.30. The van der Waals surface area contributed by atoms with Crippen molar-refractivity contribution in [3.8, 4) is 0 Å². The van der Waals surface area contributed by atoms with Gasteiger partial charge >= 0.3 is 0 Å². The Morgan fingerprint density at radius 1 is 1.09 bits per heavy atom. The monoisotopic (exact) mass is 304 g/mol. The molecule has 2 N–H and O–H groups in total. The van der Waals surface area contributed by atoms with E-state index >= 15 is 0 Å². The Bertz CT molecular complexity index is 884. The number of aromatic amines is 1. The minimum Gasteiger partial charge on any atom is -0.464 e. The van der Waals surface area contributed by atoms with Gasteiger partial charge in [-0.05, 0) is 29.3 Å². The lowest BCUT2D eigenvalue weighted by Gasteiger charge is -2.17. The van der Waals surface area contributed by atoms with E-state index in [0.29, 0.717) is 0 Å². The Morgan fingerprint density at radius 2 is 2.00 bits per heavy atom. The maximum absolute atomic E-state index is 5.38. The Labute approximate surface area is 133 Å². The second-order valence-corrected chi connectivity index (χ2v) is 5.39. The lowest BCUT2D eigenvalue weighted by atomic mass is 10.1. The predicted octanol–water partition coefficient (Wildman–Crippen LogP) is 3.43. The number of nitrogens with zero attached hydrogens (tertiary/aromatic N) is 2. The average molecular weight is 304 g/mol. The van der Waals surface area contributed by atoms with Gasteiger partial charge in [0.05, 0.1) is 12.3 Å². The summed E-state index contributed by atoms with van der Waals surface area (Å²) >= 11 is 0. The van der Waals surface area contributed by atoms with Gasteiger partial charge in [-0.15, -0.1) is 0 Å². The number of furan rings is 1. The molecule has 0 aliphatic rings. The highest BCUT2D eigenvalue weighted by molar-refractivity contribution is 5.77.